The molecule has 0 unspecified atom stereocenters. The van der Waals surface area contributed by atoms with Crippen molar-refractivity contribution in [1.82, 2.24) is 4.90 Å². The van der Waals surface area contributed by atoms with E-state index in [9.17, 15) is 14.9 Å². The molecular weight excluding hydrogens is 408 g/mol. The fraction of sp³-hybridized carbons (Fsp3) is 0.333. The summed E-state index contributed by atoms with van der Waals surface area (Å²) in [5, 5.41) is 11.0. The Hall–Kier alpha value is -2.45. The number of nitrogens with zero attached hydrogens (tertiary/aromatic N) is 2. The van der Waals surface area contributed by atoms with Crippen molar-refractivity contribution >= 4 is 46.0 Å². The van der Waals surface area contributed by atoms with E-state index in [4.69, 9.17) is 16.6 Å². The first-order valence-corrected chi connectivity index (χ1v) is 10.9. The van der Waals surface area contributed by atoms with Crippen molar-refractivity contribution in [3.63, 3.8) is 0 Å². The number of thiocarbonyl (C=S) groups is 1. The van der Waals surface area contributed by atoms with Crippen molar-refractivity contribution in [3.05, 3.63) is 57.2 Å². The van der Waals surface area contributed by atoms with Crippen LogP contribution < -0.4 is 0 Å². The summed E-state index contributed by atoms with van der Waals surface area (Å²) in [6.45, 7) is 0. The molecule has 1 saturated heterocycles. The molecule has 0 N–H and O–H groups in total. The van der Waals surface area contributed by atoms with Gasteiger partial charge >= 0.3 is 0 Å². The Morgan fingerprint density at radius 1 is 1.17 bits per heavy atom. The predicted molar refractivity (Wildman–Crippen MR) is 117 cm³/mol. The number of nitro groups is 1. The Morgan fingerprint density at radius 2 is 1.93 bits per heavy atom. The third-order valence-electron chi connectivity index (χ3n) is 5.26. The van der Waals surface area contributed by atoms with Gasteiger partial charge < -0.3 is 4.42 Å². The maximum absolute atomic E-state index is 13.0. The molecule has 0 atom stereocenters. The molecule has 150 valence electrons. The number of hydrogen-bond acceptors (Lipinski definition) is 6. The number of furan rings is 1. The SMILES string of the molecule is O=C1C(=Cc2ccc(-c3cccc([N+](=O)[O-])c3)o2)SC(=S)N1C1CCCCCC1. The largest absolute Gasteiger partial charge is 0.457 e. The Labute approximate surface area is 178 Å². The molecule has 1 aliphatic carbocycles. The fourth-order valence-electron chi connectivity index (χ4n) is 3.80. The summed E-state index contributed by atoms with van der Waals surface area (Å²) >= 11 is 6.80. The summed E-state index contributed by atoms with van der Waals surface area (Å²) < 4.78 is 6.43. The Bertz CT molecular complexity index is 990. The summed E-state index contributed by atoms with van der Waals surface area (Å²) in [5.74, 6) is 0.979. The minimum Gasteiger partial charge on any atom is -0.457 e. The van der Waals surface area contributed by atoms with Crippen LogP contribution in [0.3, 0.4) is 0 Å². The topological polar surface area (TPSA) is 76.6 Å². The summed E-state index contributed by atoms with van der Waals surface area (Å²) in [6.07, 6.45) is 8.39. The summed E-state index contributed by atoms with van der Waals surface area (Å²) in [7, 11) is 0. The molecular formula is C21H20N2O4S2. The Morgan fingerprint density at radius 3 is 2.66 bits per heavy atom. The third-order valence-corrected chi connectivity index (χ3v) is 6.59. The van der Waals surface area contributed by atoms with Crippen molar-refractivity contribution in [3.8, 4) is 11.3 Å². The fourth-order valence-corrected chi connectivity index (χ4v) is 5.18. The number of nitro benzene ring substituents is 1. The van der Waals surface area contributed by atoms with E-state index in [2.05, 4.69) is 0 Å². The summed E-state index contributed by atoms with van der Waals surface area (Å²) in [6, 6.07) is 9.96. The highest BCUT2D eigenvalue weighted by molar-refractivity contribution is 8.26. The number of non-ortho nitro benzene ring substituents is 1. The standard InChI is InChI=1S/C21H20N2O4S2/c24-20-19(29-21(28)22(20)15-7-3-1-2-4-8-15)13-17-10-11-18(27-17)14-6-5-9-16(12-14)23(25)26/h5-6,9-13,15H,1-4,7-8H2. The first-order chi connectivity index (χ1) is 14.0. The van der Waals surface area contributed by atoms with Crippen LogP contribution in [0.25, 0.3) is 17.4 Å². The van der Waals surface area contributed by atoms with Crippen molar-refractivity contribution < 1.29 is 14.1 Å². The average Bonchev–Trinajstić information content (AvgIpc) is 3.16. The van der Waals surface area contributed by atoms with Crippen molar-refractivity contribution in [2.24, 2.45) is 0 Å². The maximum Gasteiger partial charge on any atom is 0.270 e. The van der Waals surface area contributed by atoms with E-state index < -0.39 is 4.92 Å². The number of hydrogen-bond donors (Lipinski definition) is 0. The van der Waals surface area contributed by atoms with Gasteiger partial charge in [0.25, 0.3) is 11.6 Å². The van der Waals surface area contributed by atoms with E-state index in [0.29, 0.717) is 26.3 Å². The van der Waals surface area contributed by atoms with Gasteiger partial charge in [-0.2, -0.15) is 0 Å². The molecule has 0 spiro atoms. The number of benzene rings is 1. The zero-order valence-electron chi connectivity index (χ0n) is 15.7. The van der Waals surface area contributed by atoms with Gasteiger partial charge in [0.15, 0.2) is 0 Å². The molecule has 0 radical (unpaired) electrons. The quantitative estimate of drug-likeness (QED) is 0.202. The second-order valence-corrected chi connectivity index (χ2v) is 8.88. The summed E-state index contributed by atoms with van der Waals surface area (Å²) in [5.41, 5.74) is 0.620. The van der Waals surface area contributed by atoms with E-state index in [1.54, 1.807) is 35.2 Å². The van der Waals surface area contributed by atoms with Crippen LogP contribution >= 0.6 is 24.0 Å². The molecule has 0 bridgehead atoms. The molecule has 2 heterocycles. The first-order valence-electron chi connectivity index (χ1n) is 9.64. The molecule has 4 rings (SSSR count). The van der Waals surface area contributed by atoms with Gasteiger partial charge in [0.05, 0.1) is 9.83 Å². The van der Waals surface area contributed by atoms with Gasteiger partial charge in [-0.3, -0.25) is 19.8 Å². The lowest BCUT2D eigenvalue weighted by Crippen LogP contribution is -2.38. The minimum atomic E-state index is -0.438. The van der Waals surface area contributed by atoms with Crippen LogP contribution in [0, 0.1) is 10.1 Å². The van der Waals surface area contributed by atoms with Crippen LogP contribution in [0.1, 0.15) is 44.3 Å². The molecule has 1 saturated carbocycles. The van der Waals surface area contributed by atoms with Crippen LogP contribution in [-0.4, -0.2) is 26.1 Å². The lowest BCUT2D eigenvalue weighted by molar-refractivity contribution is -0.384. The third kappa shape index (κ3) is 4.28. The number of amides is 1. The number of thioether (sulfide) groups is 1. The van der Waals surface area contributed by atoms with Gasteiger partial charge in [0.2, 0.25) is 0 Å². The highest BCUT2D eigenvalue weighted by Gasteiger charge is 2.37. The van der Waals surface area contributed by atoms with E-state index in [0.717, 1.165) is 25.7 Å². The second-order valence-electron chi connectivity index (χ2n) is 7.21. The zero-order chi connectivity index (χ0) is 20.4. The number of carbonyl (C=O) groups excluding carboxylic acids is 1. The molecule has 8 heteroatoms. The van der Waals surface area contributed by atoms with E-state index in [1.165, 1.54) is 36.7 Å². The average molecular weight is 429 g/mol. The smallest absolute Gasteiger partial charge is 0.270 e. The molecule has 2 fully saturated rings. The number of carbonyl (C=O) groups is 1. The second kappa shape index (κ2) is 8.51. The molecule has 2 aliphatic rings. The van der Waals surface area contributed by atoms with Crippen LogP contribution in [-0.2, 0) is 4.79 Å². The van der Waals surface area contributed by atoms with Crippen LogP contribution in [0.15, 0.2) is 45.7 Å². The van der Waals surface area contributed by atoms with Gasteiger partial charge in [0.1, 0.15) is 15.8 Å². The van der Waals surface area contributed by atoms with Gasteiger partial charge in [0, 0.05) is 29.8 Å². The van der Waals surface area contributed by atoms with E-state index in [1.807, 2.05) is 0 Å². The molecule has 2 aromatic rings. The Balaban J connectivity index is 1.54. The van der Waals surface area contributed by atoms with E-state index in [-0.39, 0.29) is 17.6 Å². The van der Waals surface area contributed by atoms with Gasteiger partial charge in [-0.25, -0.2) is 0 Å². The lowest BCUT2D eigenvalue weighted by Gasteiger charge is -2.25. The molecule has 1 aromatic heterocycles. The van der Waals surface area contributed by atoms with Crippen LogP contribution in [0.2, 0.25) is 0 Å². The van der Waals surface area contributed by atoms with Crippen molar-refractivity contribution in [2.45, 2.75) is 44.6 Å². The minimum absolute atomic E-state index is 0.00437. The predicted octanol–water partition coefficient (Wildman–Crippen LogP) is 5.78. The highest BCUT2D eigenvalue weighted by atomic mass is 32.2. The molecule has 29 heavy (non-hydrogen) atoms. The van der Waals surface area contributed by atoms with Gasteiger partial charge in [-0.1, -0.05) is 61.8 Å². The van der Waals surface area contributed by atoms with Crippen LogP contribution in [0.5, 0.6) is 0 Å². The molecule has 1 amide bonds. The zero-order valence-corrected chi connectivity index (χ0v) is 17.3. The lowest BCUT2D eigenvalue weighted by atomic mass is 10.1. The van der Waals surface area contributed by atoms with E-state index >= 15 is 0 Å². The molecule has 6 nitrogen and oxygen atoms in total. The highest BCUT2D eigenvalue weighted by Crippen LogP contribution is 2.37. The van der Waals surface area contributed by atoms with Crippen molar-refractivity contribution in [1.29, 1.82) is 0 Å². The summed E-state index contributed by atoms with van der Waals surface area (Å²) in [4.78, 5) is 25.8. The van der Waals surface area contributed by atoms with Gasteiger partial charge in [-0.15, -0.1) is 0 Å². The monoisotopic (exact) mass is 428 g/mol. The molecule has 1 aromatic carbocycles. The number of rotatable bonds is 4. The van der Waals surface area contributed by atoms with Gasteiger partial charge in [-0.05, 0) is 25.0 Å². The van der Waals surface area contributed by atoms with Crippen LogP contribution in [0.4, 0.5) is 5.69 Å². The maximum atomic E-state index is 13.0. The first kappa shape index (κ1) is 19.8. The van der Waals surface area contributed by atoms with Crippen molar-refractivity contribution in [2.75, 3.05) is 0 Å². The molecule has 1 aliphatic heterocycles. The normalized spacial score (nSPS) is 19.7. The Kier molecular flexibility index (Phi) is 5.82.